The van der Waals surface area contributed by atoms with Gasteiger partial charge in [-0.3, -0.25) is 0 Å². The Morgan fingerprint density at radius 2 is 1.70 bits per heavy atom. The second-order valence-corrected chi connectivity index (χ2v) is 13.2. The maximum absolute atomic E-state index is 14.9. The maximum atomic E-state index is 14.9. The standard InChI is InChI=1S/C21H21ClF2O4S2/c22-16-1-4-18(5-2-16)30(27,28)21(19-11-17(23)3-6-20(19)24)9-7-15-13-29(25,26)10-8-14(15)12-21/h1-6,11,14-15H,7-10,12-13H2/t14-,15-,21-/m1/s1. The van der Waals surface area contributed by atoms with E-state index in [-0.39, 0.29) is 46.6 Å². The Hall–Kier alpha value is -1.51. The number of hydrogen-bond acceptors (Lipinski definition) is 4. The molecule has 4 nitrogen and oxygen atoms in total. The Bertz CT molecular complexity index is 1180. The van der Waals surface area contributed by atoms with Gasteiger partial charge in [-0.15, -0.1) is 0 Å². The number of hydrogen-bond donors (Lipinski definition) is 0. The zero-order chi connectivity index (χ0) is 21.7. The van der Waals surface area contributed by atoms with Crippen molar-refractivity contribution in [2.45, 2.75) is 35.3 Å². The van der Waals surface area contributed by atoms with Gasteiger partial charge in [0.15, 0.2) is 19.7 Å². The predicted molar refractivity (Wildman–Crippen MR) is 111 cm³/mol. The van der Waals surface area contributed by atoms with Crippen LogP contribution in [0.2, 0.25) is 5.02 Å². The highest BCUT2D eigenvalue weighted by Gasteiger charge is 2.54. The fraction of sp³-hybridized carbons (Fsp3) is 0.429. The lowest BCUT2D eigenvalue weighted by Gasteiger charge is -2.46. The molecule has 30 heavy (non-hydrogen) atoms. The minimum absolute atomic E-state index is 0.0143. The summed E-state index contributed by atoms with van der Waals surface area (Å²) in [5.41, 5.74) is -0.190. The molecule has 1 saturated heterocycles. The Kier molecular flexibility index (Phi) is 5.48. The van der Waals surface area contributed by atoms with E-state index < -0.39 is 36.1 Å². The number of rotatable bonds is 3. The van der Waals surface area contributed by atoms with Crippen LogP contribution in [0, 0.1) is 23.5 Å². The largest absolute Gasteiger partial charge is 0.229 e. The molecule has 9 heteroatoms. The monoisotopic (exact) mass is 474 g/mol. The molecule has 0 unspecified atom stereocenters. The molecule has 2 aromatic rings. The molecule has 1 aliphatic carbocycles. The highest BCUT2D eigenvalue weighted by Crippen LogP contribution is 2.53. The highest BCUT2D eigenvalue weighted by molar-refractivity contribution is 7.92. The van der Waals surface area contributed by atoms with Crippen LogP contribution in [0.3, 0.4) is 0 Å². The Morgan fingerprint density at radius 1 is 1.00 bits per heavy atom. The van der Waals surface area contributed by atoms with E-state index in [1.807, 2.05) is 0 Å². The molecule has 0 spiro atoms. The van der Waals surface area contributed by atoms with Crippen LogP contribution >= 0.6 is 11.6 Å². The van der Waals surface area contributed by atoms with Gasteiger partial charge >= 0.3 is 0 Å². The molecular formula is C21H21ClF2O4S2. The lowest BCUT2D eigenvalue weighted by molar-refractivity contribution is 0.194. The third-order valence-electron chi connectivity index (χ3n) is 6.50. The van der Waals surface area contributed by atoms with Crippen molar-refractivity contribution in [3.63, 3.8) is 0 Å². The fourth-order valence-corrected chi connectivity index (χ4v) is 9.22. The first-order valence-corrected chi connectivity index (χ1v) is 13.4. The first-order valence-electron chi connectivity index (χ1n) is 9.70. The van der Waals surface area contributed by atoms with Crippen molar-refractivity contribution in [1.82, 2.24) is 0 Å². The molecule has 4 rings (SSSR count). The zero-order valence-corrected chi connectivity index (χ0v) is 18.4. The average Bonchev–Trinajstić information content (AvgIpc) is 2.69. The quantitative estimate of drug-likeness (QED) is 0.655. The molecule has 2 aromatic carbocycles. The fourth-order valence-electron chi connectivity index (χ4n) is 4.96. The molecular weight excluding hydrogens is 454 g/mol. The number of sulfone groups is 2. The van der Waals surface area contributed by atoms with E-state index in [1.165, 1.54) is 24.3 Å². The third kappa shape index (κ3) is 3.67. The van der Waals surface area contributed by atoms with Crippen molar-refractivity contribution in [3.8, 4) is 0 Å². The molecule has 1 aliphatic heterocycles. The van der Waals surface area contributed by atoms with Crippen molar-refractivity contribution in [2.75, 3.05) is 11.5 Å². The van der Waals surface area contributed by atoms with Crippen molar-refractivity contribution >= 4 is 31.3 Å². The van der Waals surface area contributed by atoms with Crippen LogP contribution in [-0.2, 0) is 24.4 Å². The summed E-state index contributed by atoms with van der Waals surface area (Å²) in [6.07, 6.45) is 0.710. The SMILES string of the molecule is O=S1(=O)CC[C@@H]2C[C@](c3cc(F)ccc3F)(S(=O)(=O)c3ccc(Cl)cc3)CC[C@@H]2C1. The normalized spacial score (nSPS) is 28.6. The molecule has 1 saturated carbocycles. The highest BCUT2D eigenvalue weighted by atomic mass is 35.5. The van der Waals surface area contributed by atoms with Gasteiger partial charge in [0.1, 0.15) is 16.4 Å². The van der Waals surface area contributed by atoms with Crippen LogP contribution in [0.5, 0.6) is 0 Å². The number of halogens is 3. The van der Waals surface area contributed by atoms with Gasteiger partial charge in [-0.05, 0) is 80.0 Å². The van der Waals surface area contributed by atoms with E-state index in [9.17, 15) is 25.6 Å². The van der Waals surface area contributed by atoms with Crippen molar-refractivity contribution in [3.05, 3.63) is 64.7 Å². The lowest BCUT2D eigenvalue weighted by Crippen LogP contribution is -2.47. The predicted octanol–water partition coefficient (Wildman–Crippen LogP) is 4.52. The van der Waals surface area contributed by atoms with E-state index in [0.29, 0.717) is 17.9 Å². The van der Waals surface area contributed by atoms with Crippen LogP contribution in [0.4, 0.5) is 8.78 Å². The smallest absolute Gasteiger partial charge is 0.188 e. The van der Waals surface area contributed by atoms with Gasteiger partial charge in [-0.25, -0.2) is 25.6 Å². The molecule has 3 atom stereocenters. The zero-order valence-electron chi connectivity index (χ0n) is 16.0. The molecule has 2 aliphatic rings. The van der Waals surface area contributed by atoms with Gasteiger partial charge in [0, 0.05) is 10.6 Å². The van der Waals surface area contributed by atoms with Gasteiger partial charge in [-0.2, -0.15) is 0 Å². The topological polar surface area (TPSA) is 68.3 Å². The second kappa shape index (κ2) is 7.57. The lowest BCUT2D eigenvalue weighted by atomic mass is 9.70. The molecule has 0 aromatic heterocycles. The van der Waals surface area contributed by atoms with Gasteiger partial charge in [0.05, 0.1) is 16.4 Å². The van der Waals surface area contributed by atoms with Crippen LogP contribution in [0.25, 0.3) is 0 Å². The molecule has 0 radical (unpaired) electrons. The molecule has 0 bridgehead atoms. The molecule has 0 N–H and O–H groups in total. The summed E-state index contributed by atoms with van der Waals surface area (Å²) in [6, 6.07) is 8.50. The summed E-state index contributed by atoms with van der Waals surface area (Å²) < 4.78 is 79.1. The minimum Gasteiger partial charge on any atom is -0.229 e. The van der Waals surface area contributed by atoms with E-state index in [2.05, 4.69) is 0 Å². The molecule has 1 heterocycles. The van der Waals surface area contributed by atoms with Crippen molar-refractivity contribution in [2.24, 2.45) is 11.8 Å². The molecule has 162 valence electrons. The van der Waals surface area contributed by atoms with Gasteiger partial charge in [0.25, 0.3) is 0 Å². The van der Waals surface area contributed by atoms with Gasteiger partial charge in [0.2, 0.25) is 0 Å². The van der Waals surface area contributed by atoms with Crippen molar-refractivity contribution in [1.29, 1.82) is 0 Å². The second-order valence-electron chi connectivity index (χ2n) is 8.24. The van der Waals surface area contributed by atoms with E-state index in [1.54, 1.807) is 0 Å². The Balaban J connectivity index is 1.87. The minimum atomic E-state index is -4.13. The molecule has 0 amide bonds. The average molecular weight is 475 g/mol. The summed E-state index contributed by atoms with van der Waals surface area (Å²) >= 11 is 5.90. The van der Waals surface area contributed by atoms with Crippen LogP contribution in [-0.4, -0.2) is 28.3 Å². The summed E-state index contributed by atoms with van der Waals surface area (Å²) in [5, 5.41) is 0.362. The number of benzene rings is 2. The summed E-state index contributed by atoms with van der Waals surface area (Å²) in [5.74, 6) is -1.88. The first kappa shape index (κ1) is 21.7. The van der Waals surface area contributed by atoms with E-state index in [4.69, 9.17) is 11.6 Å². The summed E-state index contributed by atoms with van der Waals surface area (Å²) in [7, 11) is -7.29. The van der Waals surface area contributed by atoms with Crippen LogP contribution in [0.1, 0.15) is 31.2 Å². The Labute approximate surface area is 180 Å². The van der Waals surface area contributed by atoms with Crippen molar-refractivity contribution < 1.29 is 25.6 Å². The Morgan fingerprint density at radius 3 is 2.40 bits per heavy atom. The van der Waals surface area contributed by atoms with E-state index in [0.717, 1.165) is 18.2 Å². The van der Waals surface area contributed by atoms with Crippen LogP contribution in [0.15, 0.2) is 47.4 Å². The maximum Gasteiger partial charge on any atom is 0.188 e. The summed E-state index contributed by atoms with van der Waals surface area (Å²) in [6.45, 7) is 0. The number of fused-ring (bicyclic) bond motifs is 1. The first-order chi connectivity index (χ1) is 14.0. The van der Waals surface area contributed by atoms with Gasteiger partial charge < -0.3 is 0 Å². The van der Waals surface area contributed by atoms with E-state index >= 15 is 0 Å². The summed E-state index contributed by atoms with van der Waals surface area (Å²) in [4.78, 5) is -0.0163. The third-order valence-corrected chi connectivity index (χ3v) is 11.1. The van der Waals surface area contributed by atoms with Gasteiger partial charge in [-0.1, -0.05) is 11.6 Å². The molecule has 2 fully saturated rings. The van der Waals surface area contributed by atoms with Crippen LogP contribution < -0.4 is 0 Å².